The Balaban J connectivity index is 0.00000182. The van der Waals surface area contributed by atoms with Crippen LogP contribution in [0, 0.1) is 17.0 Å². The monoisotopic (exact) mass is 433 g/mol. The van der Waals surface area contributed by atoms with Gasteiger partial charge in [0.1, 0.15) is 11.5 Å². The van der Waals surface area contributed by atoms with Crippen LogP contribution in [0.2, 0.25) is 5.02 Å². The van der Waals surface area contributed by atoms with E-state index in [0.29, 0.717) is 22.9 Å². The number of nitro groups is 1. The molecular formula is C14H14Cl3N7O3. The summed E-state index contributed by atoms with van der Waals surface area (Å²) in [6.07, 6.45) is 1.42. The summed E-state index contributed by atoms with van der Waals surface area (Å²) in [7, 11) is 0. The number of hydrazone groups is 1. The van der Waals surface area contributed by atoms with E-state index in [9.17, 15) is 10.1 Å². The van der Waals surface area contributed by atoms with Crippen LogP contribution >= 0.6 is 36.4 Å². The zero-order chi connectivity index (χ0) is 18.0. The third kappa shape index (κ3) is 4.88. The molecule has 0 aliphatic heterocycles. The van der Waals surface area contributed by atoms with Crippen LogP contribution in [0.25, 0.3) is 11.3 Å². The minimum atomic E-state index is -0.514. The lowest BCUT2D eigenvalue weighted by Gasteiger charge is -2.00. The fourth-order valence-corrected chi connectivity index (χ4v) is 2.25. The average molecular weight is 435 g/mol. The second-order valence-corrected chi connectivity index (χ2v) is 5.34. The lowest BCUT2D eigenvalue weighted by Crippen LogP contribution is -2.13. The highest BCUT2D eigenvalue weighted by Gasteiger charge is 2.13. The number of nitro benzene ring substituents is 1. The first kappa shape index (κ1) is 22.2. The molecule has 0 unspecified atom stereocenters. The summed E-state index contributed by atoms with van der Waals surface area (Å²) < 4.78 is 6.86. The zero-order valence-corrected chi connectivity index (χ0v) is 16.1. The van der Waals surface area contributed by atoms with E-state index in [2.05, 4.69) is 20.7 Å². The van der Waals surface area contributed by atoms with E-state index < -0.39 is 4.92 Å². The number of aromatic nitrogens is 3. The van der Waals surface area contributed by atoms with Crippen molar-refractivity contribution >= 4 is 54.3 Å². The van der Waals surface area contributed by atoms with Gasteiger partial charge in [-0.1, -0.05) is 11.6 Å². The molecule has 0 saturated heterocycles. The first-order chi connectivity index (χ1) is 12.0. The molecule has 0 aliphatic rings. The quantitative estimate of drug-likeness (QED) is 0.271. The van der Waals surface area contributed by atoms with Crippen LogP contribution in [0.5, 0.6) is 0 Å². The summed E-state index contributed by atoms with van der Waals surface area (Å²) in [5.41, 5.74) is 3.08. The molecule has 3 rings (SSSR count). The maximum Gasteiger partial charge on any atom is 0.270 e. The van der Waals surface area contributed by atoms with Crippen molar-refractivity contribution < 1.29 is 9.34 Å². The number of halogens is 3. The Kier molecular flexibility index (Phi) is 7.58. The Bertz CT molecular complexity index is 971. The highest BCUT2D eigenvalue weighted by molar-refractivity contribution is 6.33. The first-order valence-corrected chi connectivity index (χ1v) is 7.34. The smallest absolute Gasteiger partial charge is 0.270 e. The molecule has 0 fully saturated rings. The molecule has 27 heavy (non-hydrogen) atoms. The molecular weight excluding hydrogens is 421 g/mol. The second-order valence-electron chi connectivity index (χ2n) is 4.93. The van der Waals surface area contributed by atoms with Gasteiger partial charge in [-0.2, -0.15) is 5.10 Å². The van der Waals surface area contributed by atoms with Gasteiger partial charge in [-0.15, -0.1) is 35.0 Å². The second kappa shape index (κ2) is 9.21. The SMILES string of the molecule is Cc1nnc(N/N=C/c2ccc(-c3ccc([N+](=O)[O-])cc3Cl)o2)n1N.Cl.Cl. The molecule has 0 saturated carbocycles. The van der Waals surface area contributed by atoms with Gasteiger partial charge in [0.25, 0.3) is 11.6 Å². The average Bonchev–Trinajstić information content (AvgIpc) is 3.16. The van der Waals surface area contributed by atoms with Crippen LogP contribution in [-0.4, -0.2) is 26.0 Å². The Morgan fingerprint density at radius 2 is 2.07 bits per heavy atom. The van der Waals surface area contributed by atoms with Crippen LogP contribution in [0.15, 0.2) is 39.9 Å². The van der Waals surface area contributed by atoms with Crippen molar-refractivity contribution in [1.82, 2.24) is 14.9 Å². The number of hydrogen-bond donors (Lipinski definition) is 2. The number of rotatable bonds is 5. The van der Waals surface area contributed by atoms with Gasteiger partial charge in [-0.25, -0.2) is 10.1 Å². The molecule has 10 nitrogen and oxygen atoms in total. The fraction of sp³-hybridized carbons (Fsp3) is 0.0714. The van der Waals surface area contributed by atoms with Crippen molar-refractivity contribution in [3.05, 3.63) is 57.1 Å². The van der Waals surface area contributed by atoms with Gasteiger partial charge in [-0.3, -0.25) is 10.1 Å². The van der Waals surface area contributed by atoms with E-state index in [1.807, 2.05) is 0 Å². The molecule has 2 aromatic heterocycles. The lowest BCUT2D eigenvalue weighted by molar-refractivity contribution is -0.384. The van der Waals surface area contributed by atoms with Crippen LogP contribution in [0.1, 0.15) is 11.6 Å². The molecule has 0 aliphatic carbocycles. The molecule has 0 atom stereocenters. The topological polar surface area (TPSA) is 137 Å². The maximum atomic E-state index is 10.7. The Labute approximate surface area is 170 Å². The third-order valence-corrected chi connectivity index (χ3v) is 3.59. The molecule has 3 N–H and O–H groups in total. The number of aryl methyl sites for hydroxylation is 1. The van der Waals surface area contributed by atoms with Crippen molar-refractivity contribution in [2.75, 3.05) is 11.3 Å². The van der Waals surface area contributed by atoms with Crippen molar-refractivity contribution in [3.8, 4) is 11.3 Å². The van der Waals surface area contributed by atoms with Crippen LogP contribution in [0.3, 0.4) is 0 Å². The highest BCUT2D eigenvalue weighted by Crippen LogP contribution is 2.32. The number of furan rings is 1. The van der Waals surface area contributed by atoms with Crippen LogP contribution in [-0.2, 0) is 0 Å². The van der Waals surface area contributed by atoms with Crippen molar-refractivity contribution in [2.24, 2.45) is 5.10 Å². The number of anilines is 1. The summed E-state index contributed by atoms with van der Waals surface area (Å²) in [5, 5.41) is 22.5. The van der Waals surface area contributed by atoms with Gasteiger partial charge in [-0.05, 0) is 25.1 Å². The third-order valence-electron chi connectivity index (χ3n) is 3.28. The van der Waals surface area contributed by atoms with E-state index >= 15 is 0 Å². The minimum Gasteiger partial charge on any atom is -0.455 e. The molecule has 144 valence electrons. The van der Waals surface area contributed by atoms with E-state index in [1.54, 1.807) is 19.1 Å². The first-order valence-electron chi connectivity index (χ1n) is 6.96. The number of non-ortho nitro benzene ring substituents is 1. The number of nitrogens with zero attached hydrogens (tertiary/aromatic N) is 5. The van der Waals surface area contributed by atoms with Crippen molar-refractivity contribution in [1.29, 1.82) is 0 Å². The van der Waals surface area contributed by atoms with Gasteiger partial charge in [0.2, 0.25) is 0 Å². The molecule has 0 radical (unpaired) electrons. The van der Waals surface area contributed by atoms with Gasteiger partial charge in [0, 0.05) is 17.7 Å². The largest absolute Gasteiger partial charge is 0.455 e. The van der Waals surface area contributed by atoms with E-state index in [-0.39, 0.29) is 41.5 Å². The number of benzene rings is 1. The van der Waals surface area contributed by atoms with E-state index in [0.717, 1.165) is 0 Å². The molecule has 0 bridgehead atoms. The number of nitrogens with two attached hydrogens (primary N) is 1. The lowest BCUT2D eigenvalue weighted by atomic mass is 10.1. The highest BCUT2D eigenvalue weighted by atomic mass is 35.5. The maximum absolute atomic E-state index is 10.7. The summed E-state index contributed by atoms with van der Waals surface area (Å²) in [6, 6.07) is 7.51. The standard InChI is InChI=1S/C14H12ClN7O3.2ClH/c1-8-18-20-14(21(8)16)19-17-7-10-3-5-13(25-10)11-4-2-9(22(23)24)6-12(11)15;;/h2-7H,16H2,1H3,(H,19,20);2*1H/b17-7+;;. The molecule has 2 heterocycles. The normalized spacial score (nSPS) is 10.3. The predicted molar refractivity (Wildman–Crippen MR) is 106 cm³/mol. The summed E-state index contributed by atoms with van der Waals surface area (Å²) >= 11 is 6.08. The van der Waals surface area contributed by atoms with E-state index in [4.69, 9.17) is 21.9 Å². The number of nitrogens with one attached hydrogen (secondary N) is 1. The Morgan fingerprint density at radius 1 is 1.33 bits per heavy atom. The molecule has 3 aromatic rings. The van der Waals surface area contributed by atoms with E-state index in [1.165, 1.54) is 29.1 Å². The molecule has 1 aromatic carbocycles. The van der Waals surface area contributed by atoms with Crippen molar-refractivity contribution in [2.45, 2.75) is 6.92 Å². The van der Waals surface area contributed by atoms with Crippen LogP contribution < -0.4 is 11.3 Å². The number of hydrogen-bond acceptors (Lipinski definition) is 8. The fourth-order valence-electron chi connectivity index (χ4n) is 1.98. The van der Waals surface area contributed by atoms with Crippen LogP contribution in [0.4, 0.5) is 11.6 Å². The summed E-state index contributed by atoms with van der Waals surface area (Å²) in [5.74, 6) is 7.39. The van der Waals surface area contributed by atoms with Gasteiger partial charge in [0.15, 0.2) is 5.82 Å². The Morgan fingerprint density at radius 3 is 2.67 bits per heavy atom. The zero-order valence-electron chi connectivity index (χ0n) is 13.7. The molecule has 0 amide bonds. The van der Waals surface area contributed by atoms with Gasteiger partial charge < -0.3 is 10.3 Å². The van der Waals surface area contributed by atoms with Gasteiger partial charge in [0.05, 0.1) is 16.2 Å². The summed E-state index contributed by atoms with van der Waals surface area (Å²) in [6.45, 7) is 1.70. The predicted octanol–water partition coefficient (Wildman–Crippen LogP) is 3.41. The Hall–Kier alpha value is -2.82. The summed E-state index contributed by atoms with van der Waals surface area (Å²) in [4.78, 5) is 10.2. The molecule has 0 spiro atoms. The minimum absolute atomic E-state index is 0. The van der Waals surface area contributed by atoms with Gasteiger partial charge >= 0.3 is 0 Å². The molecule has 13 heteroatoms. The number of nitrogen functional groups attached to an aromatic ring is 1. The van der Waals surface area contributed by atoms with Crippen molar-refractivity contribution in [3.63, 3.8) is 0 Å².